The van der Waals surface area contributed by atoms with Gasteiger partial charge in [0.1, 0.15) is 11.5 Å². The molecule has 0 amide bonds. The van der Waals surface area contributed by atoms with Crippen molar-refractivity contribution >= 4 is 31.9 Å². The molecule has 0 aliphatic rings. The average Bonchev–Trinajstić information content (AvgIpc) is 2.39. The number of nitrogens with zero attached hydrogens (tertiary/aromatic N) is 1. The van der Waals surface area contributed by atoms with Gasteiger partial charge in [0.15, 0.2) is 0 Å². The lowest BCUT2D eigenvalue weighted by molar-refractivity contribution is 0.460. The summed E-state index contributed by atoms with van der Waals surface area (Å²) in [5, 5.41) is 3.40. The lowest BCUT2D eigenvalue weighted by Crippen LogP contribution is -2.18. The number of hydrogen-bond donors (Lipinski definition) is 1. The molecule has 0 aliphatic heterocycles. The van der Waals surface area contributed by atoms with Gasteiger partial charge >= 0.3 is 0 Å². The van der Waals surface area contributed by atoms with Crippen molar-refractivity contribution in [3.8, 4) is 11.5 Å². The number of benzene rings is 1. The normalized spacial score (nSPS) is 12.2. The van der Waals surface area contributed by atoms with Gasteiger partial charge in [-0.2, -0.15) is 0 Å². The molecule has 0 fully saturated rings. The van der Waals surface area contributed by atoms with E-state index in [0.29, 0.717) is 5.75 Å². The van der Waals surface area contributed by atoms with Crippen LogP contribution in [0.2, 0.25) is 0 Å². The molecular formula is C15H16Br2N2O. The van der Waals surface area contributed by atoms with Crippen LogP contribution in [0.3, 0.4) is 0 Å². The van der Waals surface area contributed by atoms with Gasteiger partial charge in [-0.3, -0.25) is 4.98 Å². The number of pyridine rings is 1. The van der Waals surface area contributed by atoms with Crippen LogP contribution in [0, 0.1) is 0 Å². The minimum Gasteiger partial charge on any atom is -0.455 e. The number of ether oxygens (including phenoxy) is 1. The van der Waals surface area contributed by atoms with Crippen molar-refractivity contribution in [2.45, 2.75) is 19.9 Å². The van der Waals surface area contributed by atoms with E-state index in [4.69, 9.17) is 4.74 Å². The van der Waals surface area contributed by atoms with Crippen molar-refractivity contribution in [2.75, 3.05) is 6.54 Å². The zero-order chi connectivity index (χ0) is 14.5. The fourth-order valence-electron chi connectivity index (χ4n) is 1.95. The van der Waals surface area contributed by atoms with Crippen LogP contribution in [0.25, 0.3) is 0 Å². The first-order valence-electron chi connectivity index (χ1n) is 6.41. The SMILES string of the molecule is CCNC(C)c1ccc(Br)cc1Oc1cncc(Br)c1. The molecule has 1 atom stereocenters. The second kappa shape index (κ2) is 7.20. The van der Waals surface area contributed by atoms with E-state index in [0.717, 1.165) is 26.8 Å². The second-order valence-electron chi connectivity index (χ2n) is 4.40. The molecule has 106 valence electrons. The van der Waals surface area contributed by atoms with Gasteiger partial charge in [-0.05, 0) is 47.6 Å². The maximum atomic E-state index is 5.98. The highest BCUT2D eigenvalue weighted by molar-refractivity contribution is 9.10. The highest BCUT2D eigenvalue weighted by Gasteiger charge is 2.12. The van der Waals surface area contributed by atoms with E-state index in [1.165, 1.54) is 0 Å². The Kier molecular flexibility index (Phi) is 5.57. The lowest BCUT2D eigenvalue weighted by atomic mass is 10.1. The first kappa shape index (κ1) is 15.5. The van der Waals surface area contributed by atoms with Gasteiger partial charge in [0, 0.05) is 26.7 Å². The third-order valence-electron chi connectivity index (χ3n) is 2.86. The van der Waals surface area contributed by atoms with Gasteiger partial charge in [0.2, 0.25) is 0 Å². The average molecular weight is 400 g/mol. The number of nitrogens with one attached hydrogen (secondary N) is 1. The molecule has 0 saturated heterocycles. The van der Waals surface area contributed by atoms with Crippen molar-refractivity contribution in [1.82, 2.24) is 10.3 Å². The van der Waals surface area contributed by atoms with Gasteiger partial charge in [-0.25, -0.2) is 0 Å². The minimum atomic E-state index is 0.225. The summed E-state index contributed by atoms with van der Waals surface area (Å²) < 4.78 is 7.86. The molecule has 0 bridgehead atoms. The molecule has 1 aromatic heterocycles. The van der Waals surface area contributed by atoms with Gasteiger partial charge in [0.25, 0.3) is 0 Å². The maximum Gasteiger partial charge on any atom is 0.146 e. The number of rotatable bonds is 5. The Hall–Kier alpha value is -0.910. The molecule has 0 radical (unpaired) electrons. The molecule has 0 spiro atoms. The van der Waals surface area contributed by atoms with Crippen molar-refractivity contribution in [3.63, 3.8) is 0 Å². The van der Waals surface area contributed by atoms with Gasteiger partial charge in [-0.15, -0.1) is 0 Å². The Morgan fingerprint density at radius 2 is 2.00 bits per heavy atom. The molecule has 1 N–H and O–H groups in total. The van der Waals surface area contributed by atoms with E-state index in [-0.39, 0.29) is 6.04 Å². The van der Waals surface area contributed by atoms with Crippen molar-refractivity contribution < 1.29 is 4.74 Å². The first-order chi connectivity index (χ1) is 9.60. The van der Waals surface area contributed by atoms with Crippen LogP contribution in [-0.4, -0.2) is 11.5 Å². The molecule has 5 heteroatoms. The van der Waals surface area contributed by atoms with Gasteiger partial charge in [0.05, 0.1) is 6.20 Å². The van der Waals surface area contributed by atoms with Crippen LogP contribution >= 0.6 is 31.9 Å². The van der Waals surface area contributed by atoms with Crippen LogP contribution in [0.1, 0.15) is 25.5 Å². The van der Waals surface area contributed by atoms with Crippen molar-refractivity contribution in [1.29, 1.82) is 0 Å². The summed E-state index contributed by atoms with van der Waals surface area (Å²) in [5.41, 5.74) is 1.12. The fourth-order valence-corrected chi connectivity index (χ4v) is 2.63. The number of hydrogen-bond acceptors (Lipinski definition) is 3. The Morgan fingerprint density at radius 3 is 2.70 bits per heavy atom. The van der Waals surface area contributed by atoms with Crippen LogP contribution < -0.4 is 10.1 Å². The van der Waals surface area contributed by atoms with Crippen LogP contribution in [0.4, 0.5) is 0 Å². The summed E-state index contributed by atoms with van der Waals surface area (Å²) in [4.78, 5) is 4.11. The Labute approximate surface area is 136 Å². The number of aromatic nitrogens is 1. The monoisotopic (exact) mass is 398 g/mol. The van der Waals surface area contributed by atoms with E-state index in [1.807, 2.05) is 18.2 Å². The largest absolute Gasteiger partial charge is 0.455 e. The van der Waals surface area contributed by atoms with E-state index in [9.17, 15) is 0 Å². The van der Waals surface area contributed by atoms with Crippen molar-refractivity contribution in [2.24, 2.45) is 0 Å². The summed E-state index contributed by atoms with van der Waals surface area (Å²) in [6.07, 6.45) is 3.43. The molecule has 2 aromatic rings. The van der Waals surface area contributed by atoms with Crippen LogP contribution in [0.15, 0.2) is 45.6 Å². The standard InChI is InChI=1S/C15H16Br2N2O/c1-3-19-10(2)14-5-4-11(16)7-15(14)20-13-6-12(17)8-18-9-13/h4-10,19H,3H2,1-2H3. The minimum absolute atomic E-state index is 0.225. The van der Waals surface area contributed by atoms with E-state index in [1.54, 1.807) is 12.4 Å². The van der Waals surface area contributed by atoms with Gasteiger partial charge in [-0.1, -0.05) is 28.9 Å². The summed E-state index contributed by atoms with van der Waals surface area (Å²) in [6, 6.07) is 8.19. The second-order valence-corrected chi connectivity index (χ2v) is 6.23. The van der Waals surface area contributed by atoms with Gasteiger partial charge < -0.3 is 10.1 Å². The molecule has 3 nitrogen and oxygen atoms in total. The summed E-state index contributed by atoms with van der Waals surface area (Å²) in [7, 11) is 0. The molecule has 1 unspecified atom stereocenters. The topological polar surface area (TPSA) is 34.1 Å². The van der Waals surface area contributed by atoms with E-state index in [2.05, 4.69) is 62.1 Å². The fraction of sp³-hybridized carbons (Fsp3) is 0.267. The van der Waals surface area contributed by atoms with E-state index < -0.39 is 0 Å². The molecule has 1 heterocycles. The Morgan fingerprint density at radius 1 is 1.20 bits per heavy atom. The number of halogens is 2. The van der Waals surface area contributed by atoms with Crippen LogP contribution in [-0.2, 0) is 0 Å². The lowest BCUT2D eigenvalue weighted by Gasteiger charge is -2.18. The molecule has 0 aliphatic carbocycles. The predicted octanol–water partition coefficient (Wildman–Crippen LogP) is 5.07. The third-order valence-corrected chi connectivity index (χ3v) is 3.79. The predicted molar refractivity (Wildman–Crippen MR) is 88.2 cm³/mol. The highest BCUT2D eigenvalue weighted by Crippen LogP contribution is 2.32. The molecular weight excluding hydrogens is 384 g/mol. The molecule has 2 rings (SSSR count). The Balaban J connectivity index is 2.32. The molecule has 20 heavy (non-hydrogen) atoms. The zero-order valence-corrected chi connectivity index (χ0v) is 14.5. The zero-order valence-electron chi connectivity index (χ0n) is 11.4. The molecule has 0 saturated carbocycles. The summed E-state index contributed by atoms with van der Waals surface area (Å²) in [6.45, 7) is 5.13. The third kappa shape index (κ3) is 4.04. The molecule has 1 aromatic carbocycles. The van der Waals surface area contributed by atoms with Crippen LogP contribution in [0.5, 0.6) is 11.5 Å². The quantitative estimate of drug-likeness (QED) is 0.761. The summed E-state index contributed by atoms with van der Waals surface area (Å²) in [5.74, 6) is 1.54. The first-order valence-corrected chi connectivity index (χ1v) is 8.00. The van der Waals surface area contributed by atoms with E-state index >= 15 is 0 Å². The Bertz CT molecular complexity index is 590. The summed E-state index contributed by atoms with van der Waals surface area (Å²) >= 11 is 6.89. The highest BCUT2D eigenvalue weighted by atomic mass is 79.9. The smallest absolute Gasteiger partial charge is 0.146 e. The van der Waals surface area contributed by atoms with Crippen molar-refractivity contribution in [3.05, 3.63) is 51.2 Å². The maximum absolute atomic E-state index is 5.98.